The van der Waals surface area contributed by atoms with Crippen molar-refractivity contribution in [2.75, 3.05) is 12.4 Å². The van der Waals surface area contributed by atoms with Crippen LogP contribution in [0.15, 0.2) is 11.1 Å². The van der Waals surface area contributed by atoms with E-state index in [1.54, 1.807) is 5.41 Å². The van der Waals surface area contributed by atoms with Gasteiger partial charge in [0.25, 0.3) is 0 Å². The molecule has 0 aromatic heterocycles. The van der Waals surface area contributed by atoms with Crippen LogP contribution in [0.5, 0.6) is 0 Å². The molecule has 1 N–H and O–H groups in total. The van der Waals surface area contributed by atoms with Crippen LogP contribution < -0.4 is 0 Å². The molecule has 0 bridgehead atoms. The molecule has 56 valence electrons. The van der Waals surface area contributed by atoms with E-state index in [4.69, 9.17) is 5.11 Å². The van der Waals surface area contributed by atoms with Gasteiger partial charge in [-0.1, -0.05) is 0 Å². The SMILES string of the molecule is CCN1CSC=C1C(=O)O. The van der Waals surface area contributed by atoms with Crippen LogP contribution in [0.4, 0.5) is 0 Å². The molecule has 1 aliphatic rings. The first-order chi connectivity index (χ1) is 4.75. The Morgan fingerprint density at radius 1 is 2.00 bits per heavy atom. The molecule has 0 spiro atoms. The van der Waals surface area contributed by atoms with Crippen LogP contribution in [0.25, 0.3) is 0 Å². The fourth-order valence-corrected chi connectivity index (χ4v) is 1.78. The lowest BCUT2D eigenvalue weighted by atomic mass is 10.4. The number of likely N-dealkylation sites (N-methyl/N-ethyl adjacent to an activating group) is 1. The van der Waals surface area contributed by atoms with Crippen LogP contribution in [0.2, 0.25) is 0 Å². The number of carboxylic acid groups (broad SMARTS) is 1. The summed E-state index contributed by atoms with van der Waals surface area (Å²) < 4.78 is 0. The molecule has 10 heavy (non-hydrogen) atoms. The van der Waals surface area contributed by atoms with Crippen molar-refractivity contribution < 1.29 is 9.90 Å². The van der Waals surface area contributed by atoms with Gasteiger partial charge in [-0.2, -0.15) is 0 Å². The highest BCUT2D eigenvalue weighted by Crippen LogP contribution is 2.22. The normalized spacial score (nSPS) is 17.3. The first-order valence-electron chi connectivity index (χ1n) is 3.05. The van der Waals surface area contributed by atoms with Crippen LogP contribution in [0, 0.1) is 0 Å². The molecular formula is C6H9NO2S. The predicted octanol–water partition coefficient (Wildman–Crippen LogP) is 0.939. The van der Waals surface area contributed by atoms with E-state index in [9.17, 15) is 4.79 Å². The molecular weight excluding hydrogens is 150 g/mol. The molecule has 0 fully saturated rings. The van der Waals surface area contributed by atoms with Crippen molar-refractivity contribution in [3.63, 3.8) is 0 Å². The van der Waals surface area contributed by atoms with Crippen molar-refractivity contribution in [2.45, 2.75) is 6.92 Å². The van der Waals surface area contributed by atoms with Gasteiger partial charge in [0.05, 0.1) is 5.88 Å². The summed E-state index contributed by atoms with van der Waals surface area (Å²) in [6.45, 7) is 2.72. The molecule has 0 aromatic carbocycles. The molecule has 0 radical (unpaired) electrons. The summed E-state index contributed by atoms with van der Waals surface area (Å²) in [6.07, 6.45) is 0. The van der Waals surface area contributed by atoms with Gasteiger partial charge in [0, 0.05) is 12.0 Å². The number of thioether (sulfide) groups is 1. The van der Waals surface area contributed by atoms with Crippen molar-refractivity contribution in [2.24, 2.45) is 0 Å². The van der Waals surface area contributed by atoms with Crippen molar-refractivity contribution in [3.05, 3.63) is 11.1 Å². The largest absolute Gasteiger partial charge is 0.477 e. The Balaban J connectivity index is 2.65. The maximum absolute atomic E-state index is 10.4. The van der Waals surface area contributed by atoms with E-state index in [1.165, 1.54) is 11.8 Å². The van der Waals surface area contributed by atoms with E-state index in [2.05, 4.69) is 0 Å². The number of carboxylic acids is 1. The molecule has 3 nitrogen and oxygen atoms in total. The number of hydrogen-bond acceptors (Lipinski definition) is 3. The van der Waals surface area contributed by atoms with Gasteiger partial charge in [-0.15, -0.1) is 11.8 Å². The average molecular weight is 159 g/mol. The Morgan fingerprint density at radius 2 is 2.70 bits per heavy atom. The number of aliphatic carboxylic acids is 1. The quantitative estimate of drug-likeness (QED) is 0.651. The zero-order valence-corrected chi connectivity index (χ0v) is 6.52. The highest BCUT2D eigenvalue weighted by atomic mass is 32.2. The molecule has 0 aliphatic carbocycles. The third kappa shape index (κ3) is 1.26. The van der Waals surface area contributed by atoms with Crippen molar-refractivity contribution >= 4 is 17.7 Å². The second-order valence-electron chi connectivity index (χ2n) is 1.96. The third-order valence-electron chi connectivity index (χ3n) is 1.37. The van der Waals surface area contributed by atoms with Gasteiger partial charge in [0.15, 0.2) is 0 Å². The molecule has 1 aliphatic heterocycles. The Kier molecular flexibility index (Phi) is 2.21. The Labute approximate surface area is 63.7 Å². The molecule has 1 heterocycles. The molecule has 0 unspecified atom stereocenters. The summed E-state index contributed by atoms with van der Waals surface area (Å²) in [5, 5.41) is 10.3. The van der Waals surface area contributed by atoms with Crippen LogP contribution in [0.1, 0.15) is 6.92 Å². The smallest absolute Gasteiger partial charge is 0.352 e. The maximum atomic E-state index is 10.4. The summed E-state index contributed by atoms with van der Waals surface area (Å²) in [7, 11) is 0. The summed E-state index contributed by atoms with van der Waals surface area (Å²) in [4.78, 5) is 12.3. The lowest BCUT2D eigenvalue weighted by molar-refractivity contribution is -0.134. The van der Waals surface area contributed by atoms with Crippen LogP contribution in [-0.4, -0.2) is 28.4 Å². The Morgan fingerprint density at radius 3 is 3.10 bits per heavy atom. The second kappa shape index (κ2) is 2.96. The molecule has 4 heteroatoms. The van der Waals surface area contributed by atoms with Gasteiger partial charge in [-0.25, -0.2) is 4.79 Å². The summed E-state index contributed by atoms with van der Waals surface area (Å²) in [5.74, 6) is -0.0511. The number of hydrogen-bond donors (Lipinski definition) is 1. The minimum atomic E-state index is -0.827. The zero-order chi connectivity index (χ0) is 7.56. The Hall–Kier alpha value is -0.640. The van der Waals surface area contributed by atoms with Gasteiger partial charge < -0.3 is 10.0 Å². The van der Waals surface area contributed by atoms with Gasteiger partial charge in [0.2, 0.25) is 0 Å². The highest BCUT2D eigenvalue weighted by molar-refractivity contribution is 8.02. The predicted molar refractivity (Wildman–Crippen MR) is 40.6 cm³/mol. The van der Waals surface area contributed by atoms with Crippen LogP contribution in [-0.2, 0) is 4.79 Å². The average Bonchev–Trinajstić information content (AvgIpc) is 2.33. The molecule has 0 amide bonds. The van der Waals surface area contributed by atoms with E-state index in [-0.39, 0.29) is 0 Å². The summed E-state index contributed by atoms with van der Waals surface area (Å²) >= 11 is 1.53. The molecule has 0 saturated carbocycles. The fourth-order valence-electron chi connectivity index (χ4n) is 0.798. The standard InChI is InChI=1S/C6H9NO2S/c1-2-7-4-10-3-5(7)6(8)9/h3H,2,4H2,1H3,(H,8,9). The number of nitrogens with zero attached hydrogens (tertiary/aromatic N) is 1. The molecule has 0 atom stereocenters. The molecule has 1 rings (SSSR count). The first kappa shape index (κ1) is 7.47. The summed E-state index contributed by atoms with van der Waals surface area (Å²) in [5.41, 5.74) is 0.424. The van der Waals surface area contributed by atoms with E-state index < -0.39 is 5.97 Å². The minimum absolute atomic E-state index is 0.424. The van der Waals surface area contributed by atoms with Crippen molar-refractivity contribution in [1.29, 1.82) is 0 Å². The minimum Gasteiger partial charge on any atom is -0.477 e. The Bertz CT molecular complexity index is 179. The fraction of sp³-hybridized carbons (Fsp3) is 0.500. The summed E-state index contributed by atoms with van der Waals surface area (Å²) in [6, 6.07) is 0. The van der Waals surface area contributed by atoms with E-state index in [0.29, 0.717) is 5.70 Å². The van der Waals surface area contributed by atoms with Gasteiger partial charge in [0.1, 0.15) is 5.70 Å². The number of rotatable bonds is 2. The van der Waals surface area contributed by atoms with Crippen LogP contribution in [0.3, 0.4) is 0 Å². The van der Waals surface area contributed by atoms with E-state index in [1.807, 2.05) is 11.8 Å². The first-order valence-corrected chi connectivity index (χ1v) is 4.10. The monoisotopic (exact) mass is 159 g/mol. The lowest BCUT2D eigenvalue weighted by Gasteiger charge is -2.15. The topological polar surface area (TPSA) is 40.5 Å². The third-order valence-corrected chi connectivity index (χ3v) is 2.22. The maximum Gasteiger partial charge on any atom is 0.352 e. The van der Waals surface area contributed by atoms with Gasteiger partial charge in [-0.3, -0.25) is 0 Å². The highest BCUT2D eigenvalue weighted by Gasteiger charge is 2.19. The molecule has 0 aromatic rings. The van der Waals surface area contributed by atoms with E-state index in [0.717, 1.165) is 12.4 Å². The van der Waals surface area contributed by atoms with Crippen molar-refractivity contribution in [3.8, 4) is 0 Å². The lowest BCUT2D eigenvalue weighted by Crippen LogP contribution is -2.23. The van der Waals surface area contributed by atoms with Gasteiger partial charge >= 0.3 is 5.97 Å². The number of carbonyl (C=O) groups is 1. The molecule has 0 saturated heterocycles. The van der Waals surface area contributed by atoms with Gasteiger partial charge in [-0.05, 0) is 6.92 Å². The van der Waals surface area contributed by atoms with Crippen molar-refractivity contribution in [1.82, 2.24) is 4.90 Å². The van der Waals surface area contributed by atoms with Crippen LogP contribution >= 0.6 is 11.8 Å². The zero-order valence-electron chi connectivity index (χ0n) is 5.70. The van der Waals surface area contributed by atoms with E-state index >= 15 is 0 Å². The second-order valence-corrected chi connectivity index (χ2v) is 2.79.